The van der Waals surface area contributed by atoms with Crippen molar-refractivity contribution < 1.29 is 19.1 Å². The predicted octanol–water partition coefficient (Wildman–Crippen LogP) is 8.38. The first kappa shape index (κ1) is 35.2. The SMILES string of the molecule is COc1ccc(C2CCC(CN(C(=O)C3CCC(OC(=O)N4CCC(N(C)C)C4)CC3)c3cc(-c4cnc(C5CC5)s4)ccn3)CC2)cc1Cl. The lowest BCUT2D eigenvalue weighted by atomic mass is 9.78. The number of ether oxygens (including phenoxy) is 2. The molecule has 0 N–H and O–H groups in total. The van der Waals surface area contributed by atoms with Crippen LogP contribution in [0.15, 0.2) is 42.7 Å². The van der Waals surface area contributed by atoms with Crippen molar-refractivity contribution in [2.45, 2.75) is 94.6 Å². The molecule has 3 saturated carbocycles. The molecule has 0 radical (unpaired) electrons. The molecule has 2 aromatic heterocycles. The van der Waals surface area contributed by atoms with Crippen LogP contribution < -0.4 is 9.64 Å². The van der Waals surface area contributed by atoms with Crippen molar-refractivity contribution in [3.8, 4) is 16.2 Å². The summed E-state index contributed by atoms with van der Waals surface area (Å²) in [6, 6.07) is 10.6. The number of carbonyl (C=O) groups is 2. The van der Waals surface area contributed by atoms with Gasteiger partial charge in [0.05, 0.1) is 22.0 Å². The second kappa shape index (κ2) is 15.6. The van der Waals surface area contributed by atoms with Gasteiger partial charge in [0, 0.05) is 49.9 Å². The fraction of sp³-hybridized carbons (Fsp3) is 0.590. The van der Waals surface area contributed by atoms with E-state index in [9.17, 15) is 9.59 Å². The highest BCUT2D eigenvalue weighted by Gasteiger charge is 2.36. The Bertz CT molecular complexity index is 1650. The van der Waals surface area contributed by atoms with Gasteiger partial charge >= 0.3 is 6.09 Å². The third kappa shape index (κ3) is 8.13. The average molecular weight is 720 g/mol. The Balaban J connectivity index is 1.02. The standard InChI is InChI=1S/C39H50ClN5O4S/c1-43(2)31-17-19-44(24-31)39(47)49-32-13-10-28(11-14-32)38(46)45(36-21-30(16-18-41-36)35-22-42-37(50-35)27-8-9-27)23-25-4-6-26(7-5-25)29-12-15-34(48-3)33(40)20-29/h12,15-16,18,20-22,25-28,31-32H,4-11,13-14,17,19,23-24H2,1-3H3. The number of hydrogen-bond acceptors (Lipinski definition) is 8. The van der Waals surface area contributed by atoms with Gasteiger partial charge in [0.25, 0.3) is 0 Å². The number of aromatic nitrogens is 2. The number of thiazole rings is 1. The average Bonchev–Trinajstić information content (AvgIpc) is 3.63. The van der Waals surface area contributed by atoms with E-state index >= 15 is 0 Å². The quantitative estimate of drug-likeness (QED) is 0.208. The van der Waals surface area contributed by atoms with Crippen LogP contribution in [0.4, 0.5) is 10.6 Å². The minimum absolute atomic E-state index is 0.122. The maximum atomic E-state index is 14.5. The van der Waals surface area contributed by atoms with E-state index in [2.05, 4.69) is 31.1 Å². The molecule has 3 aromatic rings. The topological polar surface area (TPSA) is 88.1 Å². The molecule has 7 rings (SSSR count). The number of pyridine rings is 1. The minimum Gasteiger partial charge on any atom is -0.495 e. The Labute approximate surface area is 305 Å². The van der Waals surface area contributed by atoms with E-state index < -0.39 is 0 Å². The van der Waals surface area contributed by atoms with Crippen LogP contribution in [0.25, 0.3) is 10.4 Å². The zero-order valence-electron chi connectivity index (χ0n) is 29.6. The lowest BCUT2D eigenvalue weighted by Gasteiger charge is -2.36. The number of halogens is 1. The molecule has 4 fully saturated rings. The lowest BCUT2D eigenvalue weighted by molar-refractivity contribution is -0.124. The van der Waals surface area contributed by atoms with E-state index in [0.717, 1.165) is 54.9 Å². The molecule has 2 amide bonds. The summed E-state index contributed by atoms with van der Waals surface area (Å²) >= 11 is 8.23. The number of carbonyl (C=O) groups excluding carboxylic acids is 2. The zero-order valence-corrected chi connectivity index (χ0v) is 31.1. The van der Waals surface area contributed by atoms with Gasteiger partial charge in [0.15, 0.2) is 0 Å². The molecule has 9 nitrogen and oxygen atoms in total. The predicted molar refractivity (Wildman–Crippen MR) is 198 cm³/mol. The van der Waals surface area contributed by atoms with Gasteiger partial charge < -0.3 is 19.3 Å². The number of benzene rings is 1. The van der Waals surface area contributed by atoms with Crippen LogP contribution >= 0.6 is 22.9 Å². The fourth-order valence-corrected chi connectivity index (χ4v) is 9.37. The molecule has 3 aliphatic carbocycles. The van der Waals surface area contributed by atoms with Gasteiger partial charge in [-0.25, -0.2) is 14.8 Å². The number of likely N-dealkylation sites (tertiary alicyclic amines) is 1. The molecular weight excluding hydrogens is 670 g/mol. The summed E-state index contributed by atoms with van der Waals surface area (Å²) in [7, 11) is 5.75. The number of amides is 2. The van der Waals surface area contributed by atoms with Gasteiger partial charge in [0.2, 0.25) is 5.91 Å². The van der Waals surface area contributed by atoms with E-state index in [4.69, 9.17) is 31.0 Å². The summed E-state index contributed by atoms with van der Waals surface area (Å²) in [6.45, 7) is 2.09. The highest BCUT2D eigenvalue weighted by atomic mass is 35.5. The molecule has 0 bridgehead atoms. The first-order valence-electron chi connectivity index (χ1n) is 18.4. The summed E-state index contributed by atoms with van der Waals surface area (Å²) in [5, 5.41) is 1.86. The first-order chi connectivity index (χ1) is 24.2. The molecule has 1 aromatic carbocycles. The van der Waals surface area contributed by atoms with Crippen molar-refractivity contribution in [2.24, 2.45) is 11.8 Å². The summed E-state index contributed by atoms with van der Waals surface area (Å²) in [5.74, 6) is 2.87. The van der Waals surface area contributed by atoms with E-state index in [-0.39, 0.29) is 24.0 Å². The lowest BCUT2D eigenvalue weighted by Crippen LogP contribution is -2.43. The molecule has 0 spiro atoms. The molecule has 1 atom stereocenters. The number of rotatable bonds is 10. The number of hydrogen-bond donors (Lipinski definition) is 0. The van der Waals surface area contributed by atoms with Crippen LogP contribution in [-0.2, 0) is 9.53 Å². The van der Waals surface area contributed by atoms with Gasteiger partial charge in [-0.1, -0.05) is 17.7 Å². The van der Waals surface area contributed by atoms with Gasteiger partial charge in [-0.3, -0.25) is 9.69 Å². The largest absolute Gasteiger partial charge is 0.495 e. The van der Waals surface area contributed by atoms with E-state index in [1.165, 1.54) is 23.4 Å². The van der Waals surface area contributed by atoms with Crippen molar-refractivity contribution in [1.82, 2.24) is 19.8 Å². The summed E-state index contributed by atoms with van der Waals surface area (Å²) < 4.78 is 11.3. The van der Waals surface area contributed by atoms with Crippen LogP contribution in [-0.4, -0.2) is 84.8 Å². The van der Waals surface area contributed by atoms with Gasteiger partial charge in [-0.2, -0.15) is 0 Å². The molecular formula is C39H50ClN5O4S. The minimum atomic E-state index is -0.216. The number of methoxy groups -OCH3 is 1. The molecule has 1 aliphatic heterocycles. The summed E-state index contributed by atoms with van der Waals surface area (Å²) in [6.07, 6.45) is 13.9. The van der Waals surface area contributed by atoms with Crippen LogP contribution in [0.3, 0.4) is 0 Å². The smallest absolute Gasteiger partial charge is 0.410 e. The maximum Gasteiger partial charge on any atom is 0.410 e. The third-order valence-corrected chi connectivity index (χ3v) is 12.9. The molecule has 50 heavy (non-hydrogen) atoms. The second-order valence-electron chi connectivity index (χ2n) is 15.0. The van der Waals surface area contributed by atoms with E-state index in [0.29, 0.717) is 73.3 Å². The number of anilines is 1. The van der Waals surface area contributed by atoms with Crippen LogP contribution in [0.2, 0.25) is 5.02 Å². The highest BCUT2D eigenvalue weighted by molar-refractivity contribution is 7.15. The van der Waals surface area contributed by atoms with E-state index in [1.54, 1.807) is 18.4 Å². The van der Waals surface area contributed by atoms with Crippen molar-refractivity contribution in [3.05, 3.63) is 58.3 Å². The third-order valence-electron chi connectivity index (χ3n) is 11.4. The summed E-state index contributed by atoms with van der Waals surface area (Å²) in [5.41, 5.74) is 2.32. The molecule has 268 valence electrons. The number of likely N-dealkylation sites (N-methyl/N-ethyl adjacent to an activating group) is 1. The van der Waals surface area contributed by atoms with Crippen LogP contribution in [0, 0.1) is 11.8 Å². The molecule has 4 aliphatic rings. The van der Waals surface area contributed by atoms with Crippen molar-refractivity contribution in [1.29, 1.82) is 0 Å². The first-order valence-corrected chi connectivity index (χ1v) is 19.6. The van der Waals surface area contributed by atoms with Crippen molar-refractivity contribution in [2.75, 3.05) is 45.7 Å². The van der Waals surface area contributed by atoms with Crippen LogP contribution in [0.1, 0.15) is 93.0 Å². The van der Waals surface area contributed by atoms with Crippen molar-refractivity contribution in [3.63, 3.8) is 0 Å². The second-order valence-corrected chi connectivity index (χ2v) is 16.5. The number of nitrogens with zero attached hydrogens (tertiary/aromatic N) is 5. The Morgan fingerprint density at radius 1 is 0.940 bits per heavy atom. The maximum absolute atomic E-state index is 14.5. The fourth-order valence-electron chi connectivity index (χ4n) is 8.02. The normalized spacial score (nSPS) is 25.5. The summed E-state index contributed by atoms with van der Waals surface area (Å²) in [4.78, 5) is 44.0. The van der Waals surface area contributed by atoms with Gasteiger partial charge in [-0.15, -0.1) is 11.3 Å². The Morgan fingerprint density at radius 2 is 1.70 bits per heavy atom. The molecule has 11 heteroatoms. The Kier molecular flexibility index (Phi) is 11.0. The zero-order chi connectivity index (χ0) is 34.8. The highest BCUT2D eigenvalue weighted by Crippen LogP contribution is 2.44. The molecule has 1 saturated heterocycles. The van der Waals surface area contributed by atoms with Gasteiger partial charge in [0.1, 0.15) is 17.7 Å². The van der Waals surface area contributed by atoms with Crippen LogP contribution in [0.5, 0.6) is 5.75 Å². The molecule has 3 heterocycles. The van der Waals surface area contributed by atoms with Gasteiger partial charge in [-0.05, 0) is 132 Å². The Hall–Kier alpha value is -3.21. The van der Waals surface area contributed by atoms with E-state index in [1.807, 2.05) is 40.4 Å². The molecule has 1 unspecified atom stereocenters. The van der Waals surface area contributed by atoms with Crippen molar-refractivity contribution >= 4 is 40.8 Å². The Morgan fingerprint density at radius 3 is 2.38 bits per heavy atom. The monoisotopic (exact) mass is 719 g/mol.